The molecule has 0 unspecified atom stereocenters. The molecule has 9 heteroatoms. The first kappa shape index (κ1) is 30.0. The molecule has 9 nitrogen and oxygen atoms in total. The zero-order chi connectivity index (χ0) is 29.2. The summed E-state index contributed by atoms with van der Waals surface area (Å²) in [5, 5.41) is 8.93. The van der Waals surface area contributed by atoms with Gasteiger partial charge in [-0.2, -0.15) is 0 Å². The second kappa shape index (κ2) is 14.6. The third kappa shape index (κ3) is 7.82. The molecule has 2 heterocycles. The molecule has 218 valence electrons. The summed E-state index contributed by atoms with van der Waals surface area (Å²) in [5.41, 5.74) is 3.34. The number of methoxy groups -OCH3 is 1. The molecule has 2 amide bonds. The smallest absolute Gasteiger partial charge is 0.254 e. The van der Waals surface area contributed by atoms with E-state index in [1.165, 1.54) is 0 Å². The third-order valence-electron chi connectivity index (χ3n) is 7.78. The van der Waals surface area contributed by atoms with E-state index in [0.717, 1.165) is 61.0 Å². The monoisotopic (exact) mass is 558 g/mol. The van der Waals surface area contributed by atoms with E-state index >= 15 is 0 Å². The molecule has 1 aliphatic rings. The highest BCUT2D eigenvalue weighted by Gasteiger charge is 2.25. The molecule has 1 saturated heterocycles. The molecule has 0 radical (unpaired) electrons. The zero-order valence-corrected chi connectivity index (χ0v) is 24.8. The van der Waals surface area contributed by atoms with Crippen LogP contribution in [0.2, 0.25) is 0 Å². The second-order valence-electron chi connectivity index (χ2n) is 10.3. The van der Waals surface area contributed by atoms with Gasteiger partial charge in [0.05, 0.1) is 12.8 Å². The average Bonchev–Trinajstić information content (AvgIpc) is 3.27. The molecule has 1 aliphatic heterocycles. The Kier molecular flexibility index (Phi) is 10.7. The highest BCUT2D eigenvalue weighted by Crippen LogP contribution is 2.22. The molecule has 0 N–H and O–H groups in total. The molecule has 0 atom stereocenters. The Morgan fingerprint density at radius 3 is 2.29 bits per heavy atom. The summed E-state index contributed by atoms with van der Waals surface area (Å²) in [6, 6.07) is 19.3. The molecular formula is C32H42N6O3. The van der Waals surface area contributed by atoms with Crippen molar-refractivity contribution in [3.63, 3.8) is 0 Å². The molecule has 0 bridgehead atoms. The van der Waals surface area contributed by atoms with E-state index in [2.05, 4.69) is 33.8 Å². The number of carbonyl (C=O) groups is 2. The van der Waals surface area contributed by atoms with Crippen molar-refractivity contribution >= 4 is 17.6 Å². The van der Waals surface area contributed by atoms with Crippen molar-refractivity contribution in [2.24, 2.45) is 0 Å². The van der Waals surface area contributed by atoms with Crippen LogP contribution in [0.15, 0.2) is 60.7 Å². The van der Waals surface area contributed by atoms with Gasteiger partial charge in [0.1, 0.15) is 12.3 Å². The summed E-state index contributed by atoms with van der Waals surface area (Å²) < 4.78 is 5.24. The van der Waals surface area contributed by atoms with E-state index in [1.807, 2.05) is 72.5 Å². The van der Waals surface area contributed by atoms with Gasteiger partial charge in [0, 0.05) is 50.4 Å². The second-order valence-corrected chi connectivity index (χ2v) is 10.3. The Morgan fingerprint density at radius 1 is 0.878 bits per heavy atom. The van der Waals surface area contributed by atoms with Crippen molar-refractivity contribution in [1.82, 2.24) is 24.9 Å². The van der Waals surface area contributed by atoms with Crippen LogP contribution in [0.5, 0.6) is 5.75 Å². The molecule has 0 spiro atoms. The van der Waals surface area contributed by atoms with Crippen molar-refractivity contribution in [3.8, 4) is 17.0 Å². The number of likely N-dealkylation sites (N-methyl/N-ethyl adjacent to an activating group) is 1. The van der Waals surface area contributed by atoms with Crippen molar-refractivity contribution in [1.29, 1.82) is 0 Å². The minimum absolute atomic E-state index is 0.0192. The van der Waals surface area contributed by atoms with Crippen molar-refractivity contribution in [2.75, 3.05) is 70.9 Å². The minimum Gasteiger partial charge on any atom is -0.497 e. The van der Waals surface area contributed by atoms with Crippen LogP contribution in [-0.2, 0) is 4.79 Å². The number of carbonyl (C=O) groups excluding carboxylic acids is 2. The maximum Gasteiger partial charge on any atom is 0.254 e. The normalized spacial score (nSPS) is 13.7. The van der Waals surface area contributed by atoms with Crippen LogP contribution in [-0.4, -0.2) is 103 Å². The van der Waals surface area contributed by atoms with Gasteiger partial charge < -0.3 is 24.3 Å². The molecule has 0 saturated carbocycles. The predicted octanol–water partition coefficient (Wildman–Crippen LogP) is 3.98. The standard InChI is InChI=1S/C32H42N6O3/c1-5-35(6-2)20-21-38(32(40)28-11-8-7-10-25(28)3)24-31(39)37-19-9-18-36(22-23-37)30-17-16-29(33-34-30)26-12-14-27(41-4)15-13-26/h7-8,10-17H,5-6,9,18-24H2,1-4H3. The van der Waals surface area contributed by atoms with Crippen LogP contribution in [0, 0.1) is 6.92 Å². The summed E-state index contributed by atoms with van der Waals surface area (Å²) in [7, 11) is 1.65. The summed E-state index contributed by atoms with van der Waals surface area (Å²) in [5.74, 6) is 1.49. The van der Waals surface area contributed by atoms with Gasteiger partial charge in [-0.1, -0.05) is 32.0 Å². The molecule has 0 aliphatic carbocycles. The summed E-state index contributed by atoms with van der Waals surface area (Å²) >= 11 is 0. The fourth-order valence-corrected chi connectivity index (χ4v) is 5.11. The van der Waals surface area contributed by atoms with E-state index in [0.29, 0.717) is 31.7 Å². The SMILES string of the molecule is CCN(CC)CCN(CC(=O)N1CCCN(c2ccc(-c3ccc(OC)cc3)nn2)CC1)C(=O)c1ccccc1C. The molecule has 41 heavy (non-hydrogen) atoms. The van der Waals surface area contributed by atoms with Crippen LogP contribution >= 0.6 is 0 Å². The van der Waals surface area contributed by atoms with E-state index in [-0.39, 0.29) is 18.4 Å². The number of nitrogens with zero attached hydrogens (tertiary/aromatic N) is 6. The maximum absolute atomic E-state index is 13.5. The Bertz CT molecular complexity index is 1280. The number of amides is 2. The lowest BCUT2D eigenvalue weighted by Gasteiger charge is -2.29. The number of hydrogen-bond donors (Lipinski definition) is 0. The number of aryl methyl sites for hydroxylation is 1. The third-order valence-corrected chi connectivity index (χ3v) is 7.78. The maximum atomic E-state index is 13.5. The van der Waals surface area contributed by atoms with Gasteiger partial charge >= 0.3 is 0 Å². The summed E-state index contributed by atoms with van der Waals surface area (Å²) in [4.78, 5) is 35.1. The molecule has 1 fully saturated rings. The fourth-order valence-electron chi connectivity index (χ4n) is 5.11. The lowest BCUT2D eigenvalue weighted by Crippen LogP contribution is -2.46. The summed E-state index contributed by atoms with van der Waals surface area (Å²) in [6.07, 6.45) is 0.818. The minimum atomic E-state index is -0.0905. The summed E-state index contributed by atoms with van der Waals surface area (Å²) in [6.45, 7) is 12.0. The zero-order valence-electron chi connectivity index (χ0n) is 24.8. The first-order valence-corrected chi connectivity index (χ1v) is 14.5. The Hall–Kier alpha value is -3.98. The van der Waals surface area contributed by atoms with Gasteiger partial charge in [-0.25, -0.2) is 0 Å². The van der Waals surface area contributed by atoms with Crippen LogP contribution in [0.3, 0.4) is 0 Å². The number of aromatic nitrogens is 2. The molecule has 2 aromatic carbocycles. The van der Waals surface area contributed by atoms with Crippen molar-refractivity contribution in [2.45, 2.75) is 27.2 Å². The number of ether oxygens (including phenoxy) is 1. The largest absolute Gasteiger partial charge is 0.497 e. The lowest BCUT2D eigenvalue weighted by atomic mass is 10.1. The van der Waals surface area contributed by atoms with Crippen LogP contribution in [0.4, 0.5) is 5.82 Å². The van der Waals surface area contributed by atoms with E-state index < -0.39 is 0 Å². The topological polar surface area (TPSA) is 82.1 Å². The van der Waals surface area contributed by atoms with Gasteiger partial charge in [0.25, 0.3) is 5.91 Å². The molecular weight excluding hydrogens is 516 g/mol. The molecule has 1 aromatic heterocycles. The number of rotatable bonds is 11. The highest BCUT2D eigenvalue weighted by molar-refractivity contribution is 5.97. The predicted molar refractivity (Wildman–Crippen MR) is 162 cm³/mol. The van der Waals surface area contributed by atoms with Crippen molar-refractivity contribution in [3.05, 3.63) is 71.8 Å². The van der Waals surface area contributed by atoms with Crippen LogP contribution in [0.1, 0.15) is 36.2 Å². The quantitative estimate of drug-likeness (QED) is 0.352. The average molecular weight is 559 g/mol. The van der Waals surface area contributed by atoms with E-state index in [9.17, 15) is 9.59 Å². The van der Waals surface area contributed by atoms with Gasteiger partial charge in [-0.15, -0.1) is 10.2 Å². The van der Waals surface area contributed by atoms with Crippen LogP contribution in [0.25, 0.3) is 11.3 Å². The number of hydrogen-bond acceptors (Lipinski definition) is 7. The Labute approximate surface area is 243 Å². The molecule has 3 aromatic rings. The van der Waals surface area contributed by atoms with Gasteiger partial charge in [-0.05, 0) is 74.5 Å². The van der Waals surface area contributed by atoms with Gasteiger partial charge in [-0.3, -0.25) is 9.59 Å². The Balaban J connectivity index is 1.39. The van der Waals surface area contributed by atoms with Gasteiger partial charge in [0.2, 0.25) is 5.91 Å². The first-order chi connectivity index (χ1) is 19.9. The lowest BCUT2D eigenvalue weighted by molar-refractivity contribution is -0.131. The van der Waals surface area contributed by atoms with Crippen LogP contribution < -0.4 is 9.64 Å². The number of benzene rings is 2. The van der Waals surface area contributed by atoms with E-state index in [1.54, 1.807) is 12.0 Å². The van der Waals surface area contributed by atoms with E-state index in [4.69, 9.17) is 4.74 Å². The first-order valence-electron chi connectivity index (χ1n) is 14.5. The number of anilines is 1. The fraction of sp³-hybridized carbons (Fsp3) is 0.438. The Morgan fingerprint density at radius 2 is 1.63 bits per heavy atom. The molecule has 4 rings (SSSR count). The van der Waals surface area contributed by atoms with Crippen molar-refractivity contribution < 1.29 is 14.3 Å². The highest BCUT2D eigenvalue weighted by atomic mass is 16.5. The van der Waals surface area contributed by atoms with Gasteiger partial charge in [0.15, 0.2) is 5.82 Å².